The molecule has 1 aliphatic carbocycles. The summed E-state index contributed by atoms with van der Waals surface area (Å²) in [6, 6.07) is 10.9. The number of carbonyl (C=O) groups is 2. The van der Waals surface area contributed by atoms with E-state index in [0.717, 1.165) is 16.3 Å². The SMILES string of the molecule is CCOC(=O)C1CCC/C1=N\NC(=O)CN(c1ccc(OC)cc1OC)S(=O)(=O)c1ccc(C)cc1. The van der Waals surface area contributed by atoms with Gasteiger partial charge in [-0.2, -0.15) is 5.10 Å². The number of rotatable bonds is 10. The molecule has 36 heavy (non-hydrogen) atoms. The molecule has 194 valence electrons. The number of aryl methyl sites for hydroxylation is 1. The van der Waals surface area contributed by atoms with Crippen molar-refractivity contribution in [1.82, 2.24) is 5.43 Å². The van der Waals surface area contributed by atoms with E-state index in [4.69, 9.17) is 14.2 Å². The number of hydrogen-bond donors (Lipinski definition) is 1. The molecular formula is C25H31N3O7S. The Labute approximate surface area is 211 Å². The second-order valence-corrected chi connectivity index (χ2v) is 10.1. The minimum atomic E-state index is -4.16. The first-order valence-corrected chi connectivity index (χ1v) is 13.0. The number of nitrogens with zero attached hydrogens (tertiary/aromatic N) is 2. The third-order valence-electron chi connectivity index (χ3n) is 5.78. The summed E-state index contributed by atoms with van der Waals surface area (Å²) in [7, 11) is -1.28. The van der Waals surface area contributed by atoms with E-state index in [1.54, 1.807) is 25.1 Å². The number of esters is 1. The maximum atomic E-state index is 13.6. The van der Waals surface area contributed by atoms with Crippen LogP contribution in [0.2, 0.25) is 0 Å². The Bertz CT molecular complexity index is 1230. The molecule has 11 heteroatoms. The zero-order valence-electron chi connectivity index (χ0n) is 20.8. The van der Waals surface area contributed by atoms with Gasteiger partial charge in [-0.05, 0) is 57.4 Å². The fraction of sp³-hybridized carbons (Fsp3) is 0.400. The second kappa shape index (κ2) is 11.9. The van der Waals surface area contributed by atoms with Crippen molar-refractivity contribution >= 4 is 33.3 Å². The molecule has 0 saturated heterocycles. The van der Waals surface area contributed by atoms with Gasteiger partial charge in [0.05, 0.1) is 43.0 Å². The van der Waals surface area contributed by atoms with E-state index in [9.17, 15) is 18.0 Å². The number of hydrazone groups is 1. The summed E-state index contributed by atoms with van der Waals surface area (Å²) in [6.07, 6.45) is 1.88. The number of carbonyl (C=O) groups excluding carboxylic acids is 2. The van der Waals surface area contributed by atoms with Crippen molar-refractivity contribution in [2.45, 2.75) is 38.0 Å². The molecule has 2 aromatic carbocycles. The van der Waals surface area contributed by atoms with Gasteiger partial charge < -0.3 is 14.2 Å². The Morgan fingerprint density at radius 3 is 2.47 bits per heavy atom. The molecule has 1 saturated carbocycles. The normalized spacial score (nSPS) is 16.4. The van der Waals surface area contributed by atoms with Crippen molar-refractivity contribution < 1.29 is 32.2 Å². The minimum Gasteiger partial charge on any atom is -0.497 e. The first-order chi connectivity index (χ1) is 17.2. The van der Waals surface area contributed by atoms with Gasteiger partial charge in [0.15, 0.2) is 0 Å². The largest absolute Gasteiger partial charge is 0.497 e. The molecule has 0 aromatic heterocycles. The lowest BCUT2D eigenvalue weighted by molar-refractivity contribution is -0.145. The van der Waals surface area contributed by atoms with E-state index in [1.807, 2.05) is 6.92 Å². The lowest BCUT2D eigenvalue weighted by Gasteiger charge is -2.25. The molecule has 0 bridgehead atoms. The highest BCUT2D eigenvalue weighted by molar-refractivity contribution is 7.92. The van der Waals surface area contributed by atoms with Crippen molar-refractivity contribution in [3.05, 3.63) is 48.0 Å². The maximum absolute atomic E-state index is 13.6. The lowest BCUT2D eigenvalue weighted by atomic mass is 10.1. The fourth-order valence-electron chi connectivity index (χ4n) is 3.89. The van der Waals surface area contributed by atoms with E-state index >= 15 is 0 Å². The van der Waals surface area contributed by atoms with Crippen molar-refractivity contribution in [2.24, 2.45) is 11.0 Å². The van der Waals surface area contributed by atoms with E-state index in [0.29, 0.717) is 24.3 Å². The molecule has 1 unspecified atom stereocenters. The number of anilines is 1. The summed E-state index contributed by atoms with van der Waals surface area (Å²) in [5.41, 5.74) is 3.98. The van der Waals surface area contributed by atoms with Crippen LogP contribution in [0.3, 0.4) is 0 Å². The van der Waals surface area contributed by atoms with Crippen LogP contribution >= 0.6 is 0 Å². The van der Waals surface area contributed by atoms with Gasteiger partial charge in [0.1, 0.15) is 18.0 Å². The molecular weight excluding hydrogens is 486 g/mol. The standard InChI is InChI=1S/C25H31N3O7S/c1-5-35-25(30)20-7-6-8-21(20)26-27-24(29)16-28(22-14-11-18(33-3)15-23(22)34-4)36(31,32)19-12-9-17(2)10-13-19/h9-15,20H,5-8,16H2,1-4H3,(H,27,29)/b26-21+. The molecule has 0 aliphatic heterocycles. The Hall–Kier alpha value is -3.60. The van der Waals surface area contributed by atoms with Gasteiger partial charge >= 0.3 is 5.97 Å². The first kappa shape index (κ1) is 27.0. The van der Waals surface area contributed by atoms with Gasteiger partial charge in [-0.1, -0.05) is 17.7 Å². The topological polar surface area (TPSA) is 124 Å². The summed E-state index contributed by atoms with van der Waals surface area (Å²) < 4.78 is 43.9. The molecule has 3 rings (SSSR count). The molecule has 2 aromatic rings. The lowest BCUT2D eigenvalue weighted by Crippen LogP contribution is -2.40. The van der Waals surface area contributed by atoms with Gasteiger partial charge in [-0.15, -0.1) is 0 Å². The summed E-state index contributed by atoms with van der Waals surface area (Å²) in [4.78, 5) is 25.1. The quantitative estimate of drug-likeness (QED) is 0.379. The van der Waals surface area contributed by atoms with Crippen LogP contribution in [0.25, 0.3) is 0 Å². The number of hydrogen-bond acceptors (Lipinski definition) is 8. The van der Waals surface area contributed by atoms with Crippen LogP contribution in [-0.4, -0.2) is 53.4 Å². The number of nitrogens with one attached hydrogen (secondary N) is 1. The monoisotopic (exact) mass is 517 g/mol. The van der Waals surface area contributed by atoms with Crippen molar-refractivity contribution in [2.75, 3.05) is 31.7 Å². The summed E-state index contributed by atoms with van der Waals surface area (Å²) >= 11 is 0. The average Bonchev–Trinajstić information content (AvgIpc) is 3.35. The van der Waals surface area contributed by atoms with Crippen LogP contribution in [-0.2, 0) is 24.3 Å². The molecule has 0 radical (unpaired) electrons. The number of amides is 1. The van der Waals surface area contributed by atoms with Gasteiger partial charge in [0.2, 0.25) is 0 Å². The molecule has 10 nitrogen and oxygen atoms in total. The average molecular weight is 518 g/mol. The molecule has 0 heterocycles. The van der Waals surface area contributed by atoms with Crippen LogP contribution in [0, 0.1) is 12.8 Å². The summed E-state index contributed by atoms with van der Waals surface area (Å²) in [5.74, 6) is -0.896. The summed E-state index contributed by atoms with van der Waals surface area (Å²) in [6.45, 7) is 3.26. The molecule has 1 fully saturated rings. The number of methoxy groups -OCH3 is 2. The molecule has 0 spiro atoms. The molecule has 1 atom stereocenters. The van der Waals surface area contributed by atoms with Crippen LogP contribution in [0.1, 0.15) is 31.7 Å². The van der Waals surface area contributed by atoms with Gasteiger partial charge in [0.25, 0.3) is 15.9 Å². The van der Waals surface area contributed by atoms with Crippen LogP contribution < -0.4 is 19.2 Å². The van der Waals surface area contributed by atoms with Crippen molar-refractivity contribution in [3.63, 3.8) is 0 Å². The van der Waals surface area contributed by atoms with Gasteiger partial charge in [-0.3, -0.25) is 13.9 Å². The zero-order chi connectivity index (χ0) is 26.3. The Morgan fingerprint density at radius 1 is 1.11 bits per heavy atom. The van der Waals surface area contributed by atoms with Crippen LogP contribution in [0.4, 0.5) is 5.69 Å². The Balaban J connectivity index is 1.92. The Morgan fingerprint density at radius 2 is 1.83 bits per heavy atom. The Kier molecular flexibility index (Phi) is 8.92. The van der Waals surface area contributed by atoms with E-state index in [2.05, 4.69) is 10.5 Å². The second-order valence-electron chi connectivity index (χ2n) is 8.20. The summed E-state index contributed by atoms with van der Waals surface area (Å²) in [5, 5.41) is 4.13. The first-order valence-electron chi connectivity index (χ1n) is 11.5. The predicted octanol–water partition coefficient (Wildman–Crippen LogP) is 3.04. The predicted molar refractivity (Wildman–Crippen MR) is 135 cm³/mol. The highest BCUT2D eigenvalue weighted by Crippen LogP contribution is 2.35. The third kappa shape index (κ3) is 6.14. The molecule has 1 aliphatic rings. The smallest absolute Gasteiger partial charge is 0.314 e. The fourth-order valence-corrected chi connectivity index (χ4v) is 5.32. The number of sulfonamides is 1. The third-order valence-corrected chi connectivity index (χ3v) is 7.55. The van der Waals surface area contributed by atoms with Crippen molar-refractivity contribution in [1.29, 1.82) is 0 Å². The van der Waals surface area contributed by atoms with Gasteiger partial charge in [0, 0.05) is 6.07 Å². The minimum absolute atomic E-state index is 0.0169. The number of ether oxygens (including phenoxy) is 3. The molecule has 1 amide bonds. The highest BCUT2D eigenvalue weighted by atomic mass is 32.2. The van der Waals surface area contributed by atoms with E-state index in [-0.39, 0.29) is 28.9 Å². The highest BCUT2D eigenvalue weighted by Gasteiger charge is 2.32. The van der Waals surface area contributed by atoms with Gasteiger partial charge in [-0.25, -0.2) is 13.8 Å². The maximum Gasteiger partial charge on any atom is 0.314 e. The zero-order valence-corrected chi connectivity index (χ0v) is 21.6. The van der Waals surface area contributed by atoms with Crippen LogP contribution in [0.5, 0.6) is 11.5 Å². The molecule has 1 N–H and O–H groups in total. The van der Waals surface area contributed by atoms with Crippen LogP contribution in [0.15, 0.2) is 52.5 Å². The van der Waals surface area contributed by atoms with Crippen molar-refractivity contribution in [3.8, 4) is 11.5 Å². The van der Waals surface area contributed by atoms with E-state index in [1.165, 1.54) is 38.5 Å². The number of benzene rings is 2. The van der Waals surface area contributed by atoms with E-state index < -0.39 is 28.4 Å².